The van der Waals surface area contributed by atoms with Crippen molar-refractivity contribution < 1.29 is 14.1 Å². The maximum Gasteiger partial charge on any atom is 0.228 e. The third kappa shape index (κ3) is 5.19. The first kappa shape index (κ1) is 21.2. The van der Waals surface area contributed by atoms with Crippen LogP contribution in [0.2, 0.25) is 0 Å². The molecule has 0 aliphatic carbocycles. The van der Waals surface area contributed by atoms with Crippen LogP contribution in [0.15, 0.2) is 40.2 Å². The van der Waals surface area contributed by atoms with Crippen LogP contribution in [0.4, 0.5) is 5.82 Å². The number of carbonyl (C=O) groups excluding carboxylic acids is 2. The molecule has 1 aliphatic heterocycles. The second-order valence-electron chi connectivity index (χ2n) is 7.84. The van der Waals surface area contributed by atoms with Crippen LogP contribution < -0.4 is 5.32 Å². The van der Waals surface area contributed by atoms with Gasteiger partial charge >= 0.3 is 0 Å². The molecule has 2 amide bonds. The van der Waals surface area contributed by atoms with Crippen LogP contribution in [0.5, 0.6) is 0 Å². The number of aryl methyl sites for hydroxylation is 2. The highest BCUT2D eigenvalue weighted by atomic mass is 32.1. The highest BCUT2D eigenvalue weighted by molar-refractivity contribution is 7.13. The number of anilines is 1. The molecule has 1 aromatic carbocycles. The van der Waals surface area contributed by atoms with Crippen LogP contribution >= 0.6 is 11.3 Å². The van der Waals surface area contributed by atoms with E-state index in [4.69, 9.17) is 4.52 Å². The number of rotatable bonds is 6. The Morgan fingerprint density at radius 1 is 1.23 bits per heavy atom. The van der Waals surface area contributed by atoms with E-state index >= 15 is 0 Å². The molecule has 0 bridgehead atoms. The molecule has 0 unspecified atom stereocenters. The molecule has 162 valence electrons. The summed E-state index contributed by atoms with van der Waals surface area (Å²) in [6.45, 7) is 5.06. The van der Waals surface area contributed by atoms with Crippen molar-refractivity contribution in [2.75, 3.05) is 18.4 Å². The fourth-order valence-corrected chi connectivity index (χ4v) is 4.54. The number of benzene rings is 1. The van der Waals surface area contributed by atoms with E-state index in [0.717, 1.165) is 22.7 Å². The zero-order valence-corrected chi connectivity index (χ0v) is 18.6. The molecule has 1 aliphatic rings. The van der Waals surface area contributed by atoms with Gasteiger partial charge in [0.25, 0.3) is 0 Å². The summed E-state index contributed by atoms with van der Waals surface area (Å²) in [7, 11) is 0. The number of piperidine rings is 1. The third-order valence-corrected chi connectivity index (χ3v) is 6.53. The van der Waals surface area contributed by atoms with Gasteiger partial charge in [-0.25, -0.2) is 4.98 Å². The van der Waals surface area contributed by atoms with E-state index in [9.17, 15) is 9.59 Å². The fraction of sp³-hybridized carbons (Fsp3) is 0.391. The average molecular weight is 439 g/mol. The van der Waals surface area contributed by atoms with E-state index in [2.05, 4.69) is 46.6 Å². The Kier molecular flexibility index (Phi) is 6.46. The van der Waals surface area contributed by atoms with Gasteiger partial charge in [0.1, 0.15) is 10.8 Å². The summed E-state index contributed by atoms with van der Waals surface area (Å²) in [5.41, 5.74) is 3.17. The minimum atomic E-state index is -0.127. The second-order valence-corrected chi connectivity index (χ2v) is 8.70. The lowest BCUT2D eigenvalue weighted by atomic mass is 9.95. The Morgan fingerprint density at radius 3 is 2.61 bits per heavy atom. The highest BCUT2D eigenvalue weighted by Gasteiger charge is 2.28. The molecule has 4 rings (SSSR count). The summed E-state index contributed by atoms with van der Waals surface area (Å²) in [5, 5.41) is 9.48. The summed E-state index contributed by atoms with van der Waals surface area (Å²) < 4.78 is 4.98. The van der Waals surface area contributed by atoms with Gasteiger partial charge in [-0.05, 0) is 31.7 Å². The van der Waals surface area contributed by atoms with E-state index < -0.39 is 0 Å². The zero-order valence-electron chi connectivity index (χ0n) is 17.8. The maximum absolute atomic E-state index is 12.7. The summed E-state index contributed by atoms with van der Waals surface area (Å²) in [5.74, 6) is 0.949. The molecule has 0 spiro atoms. The number of hydrogen-bond donors (Lipinski definition) is 1. The molecule has 3 heterocycles. The molecular formula is C23H26N4O3S. The van der Waals surface area contributed by atoms with E-state index in [1.165, 1.54) is 5.56 Å². The molecule has 31 heavy (non-hydrogen) atoms. The topological polar surface area (TPSA) is 88.3 Å². The molecule has 7 nitrogen and oxygen atoms in total. The molecular weight excluding hydrogens is 412 g/mol. The molecule has 1 saturated heterocycles. The van der Waals surface area contributed by atoms with Crippen molar-refractivity contribution in [3.05, 3.63) is 52.7 Å². The largest absolute Gasteiger partial charge is 0.360 e. The highest BCUT2D eigenvalue weighted by Crippen LogP contribution is 2.25. The van der Waals surface area contributed by atoms with Gasteiger partial charge in [0.15, 0.2) is 5.82 Å². The summed E-state index contributed by atoms with van der Waals surface area (Å²) in [6.07, 6.45) is 2.58. The number of thiazole rings is 1. The van der Waals surface area contributed by atoms with Crippen molar-refractivity contribution in [1.29, 1.82) is 0 Å². The lowest BCUT2D eigenvalue weighted by molar-refractivity contribution is -0.133. The number of likely N-dealkylation sites (tertiary alicyclic amines) is 1. The van der Waals surface area contributed by atoms with Gasteiger partial charge in [-0.2, -0.15) is 0 Å². The first-order valence-corrected chi connectivity index (χ1v) is 11.5. The normalized spacial score (nSPS) is 14.6. The van der Waals surface area contributed by atoms with Gasteiger partial charge in [-0.1, -0.05) is 36.3 Å². The van der Waals surface area contributed by atoms with Crippen molar-refractivity contribution >= 4 is 29.0 Å². The lowest BCUT2D eigenvalue weighted by Gasteiger charge is -2.31. The van der Waals surface area contributed by atoms with E-state index in [1.807, 2.05) is 10.3 Å². The van der Waals surface area contributed by atoms with E-state index in [0.29, 0.717) is 43.9 Å². The smallest absolute Gasteiger partial charge is 0.228 e. The van der Waals surface area contributed by atoms with Crippen molar-refractivity contribution in [2.45, 2.75) is 39.5 Å². The number of amides is 2. The predicted molar refractivity (Wildman–Crippen MR) is 120 cm³/mol. The monoisotopic (exact) mass is 438 g/mol. The number of carbonyl (C=O) groups is 2. The quantitative estimate of drug-likeness (QED) is 0.626. The Morgan fingerprint density at radius 2 is 1.97 bits per heavy atom. The number of nitrogens with one attached hydrogen (secondary N) is 1. The summed E-state index contributed by atoms with van der Waals surface area (Å²) in [4.78, 5) is 31.6. The van der Waals surface area contributed by atoms with Crippen LogP contribution in [0.1, 0.15) is 36.8 Å². The van der Waals surface area contributed by atoms with Crippen LogP contribution in [0.3, 0.4) is 0 Å². The van der Waals surface area contributed by atoms with Gasteiger partial charge in [0.2, 0.25) is 11.8 Å². The number of hydrogen-bond acceptors (Lipinski definition) is 6. The Labute approximate surface area is 185 Å². The van der Waals surface area contributed by atoms with Gasteiger partial charge in [0, 0.05) is 36.0 Å². The second kappa shape index (κ2) is 9.43. The van der Waals surface area contributed by atoms with Crippen LogP contribution in [-0.2, 0) is 22.4 Å². The van der Waals surface area contributed by atoms with E-state index in [-0.39, 0.29) is 17.7 Å². The molecule has 0 radical (unpaired) electrons. The van der Waals surface area contributed by atoms with E-state index in [1.54, 1.807) is 24.3 Å². The molecule has 0 saturated carbocycles. The Hall–Kier alpha value is -3.00. The van der Waals surface area contributed by atoms with Gasteiger partial charge < -0.3 is 14.7 Å². The fourth-order valence-electron chi connectivity index (χ4n) is 3.72. The van der Waals surface area contributed by atoms with Gasteiger partial charge in [-0.15, -0.1) is 11.3 Å². The zero-order chi connectivity index (χ0) is 21.8. The molecule has 8 heteroatoms. The average Bonchev–Trinajstić information content (AvgIpc) is 3.42. The molecule has 1 fully saturated rings. The summed E-state index contributed by atoms with van der Waals surface area (Å²) >= 11 is 1.56. The van der Waals surface area contributed by atoms with Crippen molar-refractivity contribution in [1.82, 2.24) is 15.0 Å². The first-order chi connectivity index (χ1) is 15.0. The third-order valence-electron chi connectivity index (χ3n) is 5.59. The van der Waals surface area contributed by atoms with Gasteiger partial charge in [0.05, 0.1) is 12.1 Å². The van der Waals surface area contributed by atoms with Crippen LogP contribution in [0.25, 0.3) is 10.6 Å². The Balaban J connectivity index is 1.28. The minimum absolute atomic E-state index is 0.0594. The Bertz CT molecular complexity index is 1050. The van der Waals surface area contributed by atoms with Crippen LogP contribution in [0, 0.1) is 12.8 Å². The molecule has 3 aromatic rings. The van der Waals surface area contributed by atoms with Crippen molar-refractivity contribution in [2.24, 2.45) is 5.92 Å². The molecule has 0 atom stereocenters. The SMILES string of the molecule is CCc1ccc(-c2nc(CC(=O)N3CCC(C(=O)Nc4cc(C)on4)CC3)cs2)cc1. The number of aromatic nitrogens is 2. The number of nitrogens with zero attached hydrogens (tertiary/aromatic N) is 3. The molecule has 2 aromatic heterocycles. The van der Waals surface area contributed by atoms with Crippen LogP contribution in [-0.4, -0.2) is 39.9 Å². The minimum Gasteiger partial charge on any atom is -0.360 e. The maximum atomic E-state index is 12.7. The molecule has 1 N–H and O–H groups in total. The van der Waals surface area contributed by atoms with Gasteiger partial charge in [-0.3, -0.25) is 9.59 Å². The van der Waals surface area contributed by atoms with Crippen molar-refractivity contribution in [3.8, 4) is 10.6 Å². The lowest BCUT2D eigenvalue weighted by Crippen LogP contribution is -2.42. The van der Waals surface area contributed by atoms with Crippen molar-refractivity contribution in [3.63, 3.8) is 0 Å². The first-order valence-electron chi connectivity index (χ1n) is 10.6. The standard InChI is InChI=1S/C23H26N4O3S/c1-3-16-4-6-18(7-5-16)23-24-19(14-31-23)13-21(28)27-10-8-17(9-11-27)22(29)25-20-12-15(2)30-26-20/h4-7,12,14,17H,3,8-11,13H2,1-2H3,(H,25,26,29). The predicted octanol–water partition coefficient (Wildman–Crippen LogP) is 4.09. The summed E-state index contributed by atoms with van der Waals surface area (Å²) in [6, 6.07) is 10.1.